The summed E-state index contributed by atoms with van der Waals surface area (Å²) in [5.41, 5.74) is 4.66. The van der Waals surface area contributed by atoms with Crippen LogP contribution in [0.25, 0.3) is 11.8 Å². The van der Waals surface area contributed by atoms with E-state index in [4.69, 9.17) is 18.9 Å². The van der Waals surface area contributed by atoms with Crippen molar-refractivity contribution in [2.75, 3.05) is 27.4 Å². The fourth-order valence-electron chi connectivity index (χ4n) is 5.32. The largest absolute Gasteiger partial charge is 0.490 e. The number of esters is 2. The Morgan fingerprint density at radius 1 is 0.932 bits per heavy atom. The minimum Gasteiger partial charge on any atom is -0.490 e. The van der Waals surface area contributed by atoms with Crippen LogP contribution in [0.3, 0.4) is 0 Å². The first-order valence-corrected chi connectivity index (χ1v) is 14.9. The molecule has 0 unspecified atom stereocenters. The number of carbonyl (C=O) groups is 2. The monoisotopic (exact) mass is 615 g/mol. The van der Waals surface area contributed by atoms with Crippen molar-refractivity contribution in [1.82, 2.24) is 9.13 Å². The molecule has 0 amide bonds. The van der Waals surface area contributed by atoms with Gasteiger partial charge in [-0.3, -0.25) is 9.36 Å². The molecule has 2 aromatic heterocycles. The minimum absolute atomic E-state index is 0.228. The summed E-state index contributed by atoms with van der Waals surface area (Å²) in [7, 11) is 2.65. The number of hydrogen-bond acceptors (Lipinski definition) is 9. The average Bonchev–Trinajstić information content (AvgIpc) is 3.50. The van der Waals surface area contributed by atoms with Crippen LogP contribution >= 0.6 is 11.3 Å². The molecular weight excluding hydrogens is 582 g/mol. The van der Waals surface area contributed by atoms with Gasteiger partial charge >= 0.3 is 11.9 Å². The molecule has 10 nitrogen and oxygen atoms in total. The molecule has 1 atom stereocenters. The van der Waals surface area contributed by atoms with Crippen LogP contribution in [0.2, 0.25) is 0 Å². The second-order valence-electron chi connectivity index (χ2n) is 9.95. The summed E-state index contributed by atoms with van der Waals surface area (Å²) in [6.45, 7) is 8.58. The van der Waals surface area contributed by atoms with E-state index in [1.807, 2.05) is 58.0 Å². The number of benzene rings is 2. The first-order chi connectivity index (χ1) is 21.2. The average molecular weight is 616 g/mol. The Bertz CT molecular complexity index is 1950. The Morgan fingerprint density at radius 3 is 2.27 bits per heavy atom. The van der Waals surface area contributed by atoms with Crippen LogP contribution in [0.4, 0.5) is 0 Å². The van der Waals surface area contributed by atoms with Crippen molar-refractivity contribution in [3.05, 3.63) is 108 Å². The van der Waals surface area contributed by atoms with E-state index >= 15 is 0 Å². The molecular formula is C33H33N3O7S. The number of hydrogen-bond donors (Lipinski definition) is 0. The molecule has 0 radical (unpaired) electrons. The van der Waals surface area contributed by atoms with Crippen LogP contribution in [0.5, 0.6) is 11.5 Å². The molecule has 0 spiro atoms. The topological polar surface area (TPSA) is 110 Å². The van der Waals surface area contributed by atoms with Gasteiger partial charge in [0, 0.05) is 23.3 Å². The van der Waals surface area contributed by atoms with Crippen molar-refractivity contribution in [1.29, 1.82) is 0 Å². The van der Waals surface area contributed by atoms with Crippen LogP contribution in [0, 0.1) is 13.8 Å². The molecule has 1 aliphatic heterocycles. The number of methoxy groups -OCH3 is 2. The number of nitrogens with zero attached hydrogens (tertiary/aromatic N) is 3. The maximum atomic E-state index is 14.0. The number of aromatic nitrogens is 2. The Balaban J connectivity index is 1.62. The lowest BCUT2D eigenvalue weighted by Crippen LogP contribution is -2.39. The summed E-state index contributed by atoms with van der Waals surface area (Å²) in [4.78, 5) is 43.7. The standard InChI is InChI=1S/C33H33N3O7S/c1-7-42-26-14-11-22(16-27(26)43-8-2)29-25(32(39)41-6)18-34-33-36(29)30(37)28(44-33)17-23-15-19(3)35(20(23)4)24-12-9-21(10-13-24)31(38)40-5/h9-18,29H,7-8H2,1-6H3/b28-17-/t29-/m0/s1. The quantitative estimate of drug-likeness (QED) is 0.262. The zero-order valence-electron chi connectivity index (χ0n) is 25.4. The molecule has 44 heavy (non-hydrogen) atoms. The fraction of sp³-hybridized carbons (Fsp3) is 0.273. The molecule has 2 aromatic carbocycles. The normalized spacial score (nSPS) is 14.4. The lowest BCUT2D eigenvalue weighted by atomic mass is 9.97. The molecule has 1 aliphatic rings. The van der Waals surface area contributed by atoms with Crippen molar-refractivity contribution in [2.45, 2.75) is 33.7 Å². The van der Waals surface area contributed by atoms with E-state index in [1.54, 1.807) is 24.3 Å². The number of aryl methyl sites for hydroxylation is 1. The molecule has 0 aliphatic carbocycles. The highest BCUT2D eigenvalue weighted by Crippen LogP contribution is 2.35. The zero-order valence-corrected chi connectivity index (χ0v) is 26.2. The number of fused-ring (bicyclic) bond motifs is 1. The van der Waals surface area contributed by atoms with Gasteiger partial charge in [-0.05, 0) is 87.4 Å². The summed E-state index contributed by atoms with van der Waals surface area (Å²) in [6.07, 6.45) is 3.31. The molecule has 0 bridgehead atoms. The van der Waals surface area contributed by atoms with Crippen molar-refractivity contribution < 1.29 is 28.5 Å². The highest BCUT2D eigenvalue weighted by Gasteiger charge is 2.31. The van der Waals surface area contributed by atoms with Crippen LogP contribution in [0.1, 0.15) is 52.8 Å². The molecule has 3 heterocycles. The SMILES string of the molecule is CCOc1ccc([C@H]2C(C(=O)OC)=CN=c3s/c(=C\c4cc(C)n(-c5ccc(C(=O)OC)cc5)c4C)c(=O)n32)cc1OCC. The number of ether oxygens (including phenoxy) is 4. The summed E-state index contributed by atoms with van der Waals surface area (Å²) in [6, 6.07) is 13.7. The first kappa shape index (κ1) is 30.6. The van der Waals surface area contributed by atoms with E-state index in [0.717, 1.165) is 22.6 Å². The van der Waals surface area contributed by atoms with Gasteiger partial charge < -0.3 is 23.5 Å². The Kier molecular flexibility index (Phi) is 8.86. The molecule has 228 valence electrons. The van der Waals surface area contributed by atoms with E-state index < -0.39 is 18.0 Å². The van der Waals surface area contributed by atoms with Gasteiger partial charge in [-0.25, -0.2) is 14.6 Å². The van der Waals surface area contributed by atoms with Gasteiger partial charge in [0.05, 0.1) is 49.1 Å². The lowest BCUT2D eigenvalue weighted by molar-refractivity contribution is -0.136. The van der Waals surface area contributed by atoms with Gasteiger partial charge in [-0.2, -0.15) is 0 Å². The third-order valence-corrected chi connectivity index (χ3v) is 8.31. The lowest BCUT2D eigenvalue weighted by Gasteiger charge is -2.23. The van der Waals surface area contributed by atoms with Crippen LogP contribution in [-0.4, -0.2) is 48.5 Å². The van der Waals surface area contributed by atoms with Crippen molar-refractivity contribution in [3.8, 4) is 17.2 Å². The molecule has 0 saturated heterocycles. The number of rotatable bonds is 9. The van der Waals surface area contributed by atoms with E-state index in [-0.39, 0.29) is 11.1 Å². The van der Waals surface area contributed by atoms with E-state index in [0.29, 0.717) is 45.2 Å². The zero-order chi connectivity index (χ0) is 31.5. The van der Waals surface area contributed by atoms with Gasteiger partial charge in [0.25, 0.3) is 5.56 Å². The molecule has 11 heteroatoms. The molecule has 0 N–H and O–H groups in total. The predicted molar refractivity (Wildman–Crippen MR) is 167 cm³/mol. The minimum atomic E-state index is -0.781. The van der Waals surface area contributed by atoms with Crippen LogP contribution in [-0.2, 0) is 14.3 Å². The smallest absolute Gasteiger partial charge is 0.337 e. The van der Waals surface area contributed by atoms with Crippen LogP contribution < -0.4 is 24.4 Å². The molecule has 0 saturated carbocycles. The van der Waals surface area contributed by atoms with Gasteiger partial charge in [-0.1, -0.05) is 17.4 Å². The summed E-state index contributed by atoms with van der Waals surface area (Å²) >= 11 is 1.24. The predicted octanol–water partition coefficient (Wildman–Crippen LogP) is 4.01. The molecule has 4 aromatic rings. The van der Waals surface area contributed by atoms with Crippen LogP contribution in [0.15, 0.2) is 70.1 Å². The summed E-state index contributed by atoms with van der Waals surface area (Å²) in [5, 5.41) is 0. The molecule has 5 rings (SSSR count). The molecule has 0 fully saturated rings. The Labute approximate surface area is 258 Å². The van der Waals surface area contributed by atoms with E-state index in [2.05, 4.69) is 9.56 Å². The van der Waals surface area contributed by atoms with E-state index in [9.17, 15) is 14.4 Å². The number of thiazole rings is 1. The highest BCUT2D eigenvalue weighted by molar-refractivity contribution is 7.07. The van der Waals surface area contributed by atoms with Gasteiger partial charge in [0.2, 0.25) is 0 Å². The summed E-state index contributed by atoms with van der Waals surface area (Å²) < 4.78 is 25.5. The third-order valence-electron chi connectivity index (χ3n) is 7.31. The van der Waals surface area contributed by atoms with Gasteiger partial charge in [-0.15, -0.1) is 0 Å². The fourth-order valence-corrected chi connectivity index (χ4v) is 6.28. The Hall–Kier alpha value is -4.90. The summed E-state index contributed by atoms with van der Waals surface area (Å²) in [5.74, 6) is 0.106. The maximum absolute atomic E-state index is 14.0. The first-order valence-electron chi connectivity index (χ1n) is 14.1. The van der Waals surface area contributed by atoms with Crippen molar-refractivity contribution in [3.63, 3.8) is 0 Å². The second-order valence-corrected chi connectivity index (χ2v) is 11.0. The second kappa shape index (κ2) is 12.8. The third kappa shape index (κ3) is 5.58. The number of carbonyl (C=O) groups excluding carboxylic acids is 2. The highest BCUT2D eigenvalue weighted by atomic mass is 32.1. The maximum Gasteiger partial charge on any atom is 0.337 e. The van der Waals surface area contributed by atoms with Crippen molar-refractivity contribution >= 4 is 29.4 Å². The van der Waals surface area contributed by atoms with Crippen molar-refractivity contribution in [2.24, 2.45) is 4.99 Å². The Morgan fingerprint density at radius 2 is 1.61 bits per heavy atom. The van der Waals surface area contributed by atoms with Gasteiger partial charge in [0.15, 0.2) is 16.3 Å². The van der Waals surface area contributed by atoms with Gasteiger partial charge in [0.1, 0.15) is 0 Å². The van der Waals surface area contributed by atoms with E-state index in [1.165, 1.54) is 36.3 Å².